The third-order valence-corrected chi connectivity index (χ3v) is 9.09. The first-order chi connectivity index (χ1) is 15.9. The zero-order valence-electron chi connectivity index (χ0n) is 19.3. The standard InChI is InChI=1S/C23H28N4O3S3/c1-5-30-22(29)19-15-9-7-6-8-10-17(15)33-21(19)24-18(28)12-32-23-26-25-20(27(23)4)16-11-31-14(3)13(16)2/h11H,5-10,12H2,1-4H3,(H,24,28). The van der Waals surface area contributed by atoms with Gasteiger partial charge in [0, 0.05) is 27.7 Å². The molecule has 0 spiro atoms. The fourth-order valence-corrected chi connectivity index (χ4v) is 6.82. The van der Waals surface area contributed by atoms with Gasteiger partial charge >= 0.3 is 5.97 Å². The van der Waals surface area contributed by atoms with Gasteiger partial charge in [0.25, 0.3) is 0 Å². The van der Waals surface area contributed by atoms with Crippen LogP contribution in [0.2, 0.25) is 0 Å². The average Bonchev–Trinajstić information content (AvgIpc) is 3.36. The van der Waals surface area contributed by atoms with Crippen molar-refractivity contribution in [1.82, 2.24) is 14.8 Å². The summed E-state index contributed by atoms with van der Waals surface area (Å²) in [6.45, 7) is 6.28. The minimum Gasteiger partial charge on any atom is -0.462 e. The number of nitrogens with one attached hydrogen (secondary N) is 1. The average molecular weight is 505 g/mol. The number of esters is 1. The topological polar surface area (TPSA) is 86.1 Å². The van der Waals surface area contributed by atoms with E-state index in [1.807, 2.05) is 11.6 Å². The molecule has 0 aromatic carbocycles. The Balaban J connectivity index is 1.48. The summed E-state index contributed by atoms with van der Waals surface area (Å²) in [5.74, 6) is 0.456. The second kappa shape index (κ2) is 10.4. The predicted molar refractivity (Wildman–Crippen MR) is 135 cm³/mol. The number of carbonyl (C=O) groups excluding carboxylic acids is 2. The van der Waals surface area contributed by atoms with Gasteiger partial charge in [0.15, 0.2) is 11.0 Å². The van der Waals surface area contributed by atoms with Crippen molar-refractivity contribution in [2.75, 3.05) is 17.7 Å². The molecular weight excluding hydrogens is 476 g/mol. The molecule has 1 N–H and O–H groups in total. The maximum atomic E-state index is 12.8. The fraction of sp³-hybridized carbons (Fsp3) is 0.478. The van der Waals surface area contributed by atoms with Crippen molar-refractivity contribution in [3.63, 3.8) is 0 Å². The molecule has 0 fully saturated rings. The van der Waals surface area contributed by atoms with Gasteiger partial charge in [0.2, 0.25) is 5.91 Å². The summed E-state index contributed by atoms with van der Waals surface area (Å²) >= 11 is 4.54. The van der Waals surface area contributed by atoms with E-state index in [9.17, 15) is 9.59 Å². The van der Waals surface area contributed by atoms with E-state index < -0.39 is 0 Å². The SMILES string of the molecule is CCOC(=O)c1c(NC(=O)CSc2nnc(-c3csc(C)c3C)n2C)sc2c1CCCCC2. The van der Waals surface area contributed by atoms with Crippen LogP contribution in [0.3, 0.4) is 0 Å². The van der Waals surface area contributed by atoms with Crippen molar-refractivity contribution in [3.05, 3.63) is 31.8 Å². The number of aromatic nitrogens is 3. The first kappa shape index (κ1) is 24.0. The number of anilines is 1. The quantitative estimate of drug-likeness (QED) is 0.263. The molecule has 1 aliphatic carbocycles. The van der Waals surface area contributed by atoms with Gasteiger partial charge < -0.3 is 14.6 Å². The van der Waals surface area contributed by atoms with Crippen molar-refractivity contribution >= 4 is 51.3 Å². The van der Waals surface area contributed by atoms with Gasteiger partial charge in [-0.3, -0.25) is 4.79 Å². The molecule has 0 saturated heterocycles. The highest BCUT2D eigenvalue weighted by Crippen LogP contribution is 2.38. The second-order valence-corrected chi connectivity index (χ2v) is 11.2. The van der Waals surface area contributed by atoms with E-state index in [-0.39, 0.29) is 17.6 Å². The van der Waals surface area contributed by atoms with E-state index in [1.165, 1.54) is 38.4 Å². The Bertz CT molecular complexity index is 1180. The van der Waals surface area contributed by atoms with Gasteiger partial charge in [-0.05, 0) is 57.6 Å². The Morgan fingerprint density at radius 3 is 2.73 bits per heavy atom. The first-order valence-electron chi connectivity index (χ1n) is 11.1. The number of thiophene rings is 2. The lowest BCUT2D eigenvalue weighted by atomic mass is 10.1. The van der Waals surface area contributed by atoms with Crippen LogP contribution in [-0.2, 0) is 29.4 Å². The minimum atomic E-state index is -0.348. The number of fused-ring (bicyclic) bond motifs is 1. The number of hydrogen-bond donors (Lipinski definition) is 1. The van der Waals surface area contributed by atoms with Gasteiger partial charge in [0.05, 0.1) is 17.9 Å². The minimum absolute atomic E-state index is 0.172. The van der Waals surface area contributed by atoms with Crippen LogP contribution in [0.5, 0.6) is 0 Å². The maximum Gasteiger partial charge on any atom is 0.341 e. The summed E-state index contributed by atoms with van der Waals surface area (Å²) in [5, 5.41) is 15.0. The summed E-state index contributed by atoms with van der Waals surface area (Å²) in [7, 11) is 1.91. The molecule has 10 heteroatoms. The lowest BCUT2D eigenvalue weighted by Gasteiger charge is -2.08. The molecule has 0 radical (unpaired) electrons. The maximum absolute atomic E-state index is 12.8. The number of hydrogen-bond acceptors (Lipinski definition) is 8. The highest BCUT2D eigenvalue weighted by molar-refractivity contribution is 7.99. The number of nitrogens with zero attached hydrogens (tertiary/aromatic N) is 3. The molecule has 0 atom stereocenters. The lowest BCUT2D eigenvalue weighted by Crippen LogP contribution is -2.17. The van der Waals surface area contributed by atoms with Crippen LogP contribution in [0.25, 0.3) is 11.4 Å². The van der Waals surface area contributed by atoms with Crippen molar-refractivity contribution in [2.45, 2.75) is 58.0 Å². The van der Waals surface area contributed by atoms with E-state index in [2.05, 4.69) is 34.7 Å². The third kappa shape index (κ3) is 5.02. The van der Waals surface area contributed by atoms with Crippen molar-refractivity contribution in [1.29, 1.82) is 0 Å². The second-order valence-electron chi connectivity index (χ2n) is 8.02. The summed E-state index contributed by atoms with van der Waals surface area (Å²) < 4.78 is 7.23. The van der Waals surface area contributed by atoms with Crippen molar-refractivity contribution < 1.29 is 14.3 Å². The van der Waals surface area contributed by atoms with Gasteiger partial charge in [-0.2, -0.15) is 0 Å². The molecule has 3 aromatic rings. The number of thioether (sulfide) groups is 1. The molecule has 3 aromatic heterocycles. The van der Waals surface area contributed by atoms with Gasteiger partial charge in [-0.25, -0.2) is 4.79 Å². The van der Waals surface area contributed by atoms with Crippen LogP contribution >= 0.6 is 34.4 Å². The molecule has 0 unspecified atom stereocenters. The number of ether oxygens (including phenoxy) is 1. The molecule has 0 bridgehead atoms. The Morgan fingerprint density at radius 2 is 2.00 bits per heavy atom. The first-order valence-corrected chi connectivity index (χ1v) is 13.8. The monoisotopic (exact) mass is 504 g/mol. The van der Waals surface area contributed by atoms with E-state index in [0.717, 1.165) is 49.1 Å². The predicted octanol–water partition coefficient (Wildman–Crippen LogP) is 5.40. The zero-order valence-corrected chi connectivity index (χ0v) is 21.8. The number of aryl methyl sites for hydroxylation is 2. The summed E-state index contributed by atoms with van der Waals surface area (Å²) in [4.78, 5) is 28.0. The summed E-state index contributed by atoms with van der Waals surface area (Å²) in [6.07, 6.45) is 5.12. The highest BCUT2D eigenvalue weighted by Gasteiger charge is 2.27. The smallest absolute Gasteiger partial charge is 0.341 e. The van der Waals surface area contributed by atoms with Gasteiger partial charge in [-0.15, -0.1) is 32.9 Å². The van der Waals surface area contributed by atoms with Crippen LogP contribution in [0.4, 0.5) is 5.00 Å². The number of rotatable bonds is 7. The molecule has 3 heterocycles. The number of amides is 1. The largest absolute Gasteiger partial charge is 0.462 e. The van der Waals surface area contributed by atoms with Crippen LogP contribution < -0.4 is 5.32 Å². The van der Waals surface area contributed by atoms with Gasteiger partial charge in [-0.1, -0.05) is 18.2 Å². The molecule has 0 aliphatic heterocycles. The number of carbonyl (C=O) groups is 2. The lowest BCUT2D eigenvalue weighted by molar-refractivity contribution is -0.113. The van der Waals surface area contributed by atoms with E-state index >= 15 is 0 Å². The van der Waals surface area contributed by atoms with Gasteiger partial charge in [0.1, 0.15) is 5.00 Å². The summed E-state index contributed by atoms with van der Waals surface area (Å²) in [6, 6.07) is 0. The Hall–Kier alpha value is -2.17. The molecule has 0 saturated carbocycles. The summed E-state index contributed by atoms with van der Waals surface area (Å²) in [5.41, 5.74) is 3.87. The van der Waals surface area contributed by atoms with Crippen molar-refractivity contribution in [3.8, 4) is 11.4 Å². The van der Waals surface area contributed by atoms with E-state index in [0.29, 0.717) is 22.3 Å². The molecule has 1 aliphatic rings. The fourth-order valence-electron chi connectivity index (χ4n) is 3.95. The Morgan fingerprint density at radius 1 is 1.21 bits per heavy atom. The van der Waals surface area contributed by atoms with Crippen LogP contribution in [-0.4, -0.2) is 39.0 Å². The molecule has 4 rings (SSSR count). The normalized spacial score (nSPS) is 13.5. The van der Waals surface area contributed by atoms with Crippen molar-refractivity contribution in [2.24, 2.45) is 7.05 Å². The van der Waals surface area contributed by atoms with E-state index in [1.54, 1.807) is 18.3 Å². The Kier molecular flexibility index (Phi) is 7.55. The van der Waals surface area contributed by atoms with Crippen LogP contribution in [0.1, 0.15) is 57.4 Å². The molecular formula is C23H28N4O3S3. The van der Waals surface area contributed by atoms with Crippen LogP contribution in [0, 0.1) is 13.8 Å². The third-order valence-electron chi connectivity index (χ3n) is 5.85. The molecule has 7 nitrogen and oxygen atoms in total. The molecule has 176 valence electrons. The highest BCUT2D eigenvalue weighted by atomic mass is 32.2. The molecule has 1 amide bonds. The Labute approximate surface area is 206 Å². The van der Waals surface area contributed by atoms with Crippen LogP contribution in [0.15, 0.2) is 10.5 Å². The zero-order chi connectivity index (χ0) is 23.5. The van der Waals surface area contributed by atoms with E-state index in [4.69, 9.17) is 4.74 Å². The molecule has 33 heavy (non-hydrogen) atoms.